The van der Waals surface area contributed by atoms with Crippen molar-refractivity contribution < 1.29 is 22.7 Å². The molecule has 1 aromatic heterocycles. The number of carbonyl (C=O) groups excluding carboxylic acids is 1. The van der Waals surface area contributed by atoms with Gasteiger partial charge in [-0.2, -0.15) is 13.2 Å². The van der Waals surface area contributed by atoms with Gasteiger partial charge in [0.25, 0.3) is 0 Å². The van der Waals surface area contributed by atoms with Gasteiger partial charge in [-0.3, -0.25) is 4.79 Å². The first-order chi connectivity index (χ1) is 11.1. The molecule has 0 fully saturated rings. The summed E-state index contributed by atoms with van der Waals surface area (Å²) >= 11 is 0. The quantitative estimate of drug-likeness (QED) is 0.634. The van der Waals surface area contributed by atoms with Crippen LogP contribution in [0, 0.1) is 0 Å². The topological polar surface area (TPSA) is 69.0 Å². The second-order valence-corrected chi connectivity index (χ2v) is 12.2. The van der Waals surface area contributed by atoms with Crippen LogP contribution in [-0.2, 0) is 16.3 Å². The van der Waals surface area contributed by atoms with Gasteiger partial charge in [0.1, 0.15) is 12.2 Å². The van der Waals surface area contributed by atoms with E-state index < -0.39 is 20.2 Å². The van der Waals surface area contributed by atoms with Gasteiger partial charge in [-0.15, -0.1) is 5.10 Å². The Hall–Kier alpha value is -1.94. The summed E-state index contributed by atoms with van der Waals surface area (Å²) in [6.45, 7) is 7.43. The van der Waals surface area contributed by atoms with E-state index in [0.717, 1.165) is 6.04 Å². The predicted octanol–water partition coefficient (Wildman–Crippen LogP) is 3.24. The Morgan fingerprint density at radius 2 is 2.04 bits per heavy atom. The van der Waals surface area contributed by atoms with Gasteiger partial charge in [-0.05, 0) is 24.2 Å². The molecule has 10 heteroatoms. The zero-order chi connectivity index (χ0) is 18.0. The lowest BCUT2D eigenvalue weighted by molar-refractivity contribution is -0.167. The van der Waals surface area contributed by atoms with Crippen molar-refractivity contribution >= 4 is 30.7 Å². The zero-order valence-electron chi connectivity index (χ0n) is 13.6. The van der Waals surface area contributed by atoms with Crippen LogP contribution >= 0.6 is 0 Å². The van der Waals surface area contributed by atoms with Crippen LogP contribution in [0.25, 0.3) is 11.0 Å². The van der Waals surface area contributed by atoms with Crippen LogP contribution in [-0.4, -0.2) is 41.8 Å². The number of fused-ring (bicyclic) bond motifs is 1. The summed E-state index contributed by atoms with van der Waals surface area (Å²) < 4.78 is 43.9. The number of nitrogens with zero attached hydrogens (tertiary/aromatic N) is 3. The first-order valence-electron chi connectivity index (χ1n) is 7.35. The van der Waals surface area contributed by atoms with E-state index in [1.54, 1.807) is 0 Å². The van der Waals surface area contributed by atoms with E-state index >= 15 is 0 Å². The Kier molecular flexibility index (Phi) is 5.28. The first-order valence-corrected chi connectivity index (χ1v) is 11.1. The molecule has 1 heterocycles. The number of amides is 1. The highest BCUT2D eigenvalue weighted by atomic mass is 28.3. The van der Waals surface area contributed by atoms with Crippen molar-refractivity contribution in [1.82, 2.24) is 15.0 Å². The molecule has 132 valence electrons. The number of anilines is 1. The SMILES string of the molecule is C[Si](C)(C)CCOCn1nnc2ccc(NC(=O)C(F)(F)F)cc21. The van der Waals surface area contributed by atoms with Crippen molar-refractivity contribution in [3.8, 4) is 0 Å². The minimum absolute atomic E-state index is 0.0236. The lowest BCUT2D eigenvalue weighted by Crippen LogP contribution is -2.29. The second kappa shape index (κ2) is 6.89. The van der Waals surface area contributed by atoms with Crippen molar-refractivity contribution in [1.29, 1.82) is 0 Å². The molecule has 0 spiro atoms. The fourth-order valence-corrected chi connectivity index (χ4v) is 2.63. The number of halogens is 3. The van der Waals surface area contributed by atoms with Crippen LogP contribution < -0.4 is 5.32 Å². The number of aromatic nitrogens is 3. The Morgan fingerprint density at radius 3 is 2.67 bits per heavy atom. The summed E-state index contributed by atoms with van der Waals surface area (Å²) in [7, 11) is -1.20. The summed E-state index contributed by atoms with van der Waals surface area (Å²) in [6, 6.07) is 5.22. The lowest BCUT2D eigenvalue weighted by atomic mass is 10.2. The number of benzene rings is 1. The van der Waals surface area contributed by atoms with Crippen LogP contribution in [0.1, 0.15) is 0 Å². The van der Waals surface area contributed by atoms with Gasteiger partial charge >= 0.3 is 12.1 Å². The van der Waals surface area contributed by atoms with Crippen molar-refractivity contribution in [2.75, 3.05) is 11.9 Å². The van der Waals surface area contributed by atoms with Crippen molar-refractivity contribution in [2.24, 2.45) is 0 Å². The molecule has 0 aliphatic carbocycles. The van der Waals surface area contributed by atoms with Gasteiger partial charge in [0.05, 0.1) is 5.52 Å². The fourth-order valence-electron chi connectivity index (χ4n) is 1.87. The number of hydrogen-bond donors (Lipinski definition) is 1. The van der Waals surface area contributed by atoms with Gasteiger partial charge in [0.2, 0.25) is 0 Å². The van der Waals surface area contributed by atoms with E-state index in [-0.39, 0.29) is 12.4 Å². The Labute approximate surface area is 138 Å². The summed E-state index contributed by atoms with van der Waals surface area (Å²) in [6.07, 6.45) is -4.94. The Balaban J connectivity index is 2.07. The molecule has 1 amide bonds. The number of alkyl halides is 3. The molecule has 1 aromatic carbocycles. The average molecular weight is 360 g/mol. The number of ether oxygens (including phenoxy) is 1. The zero-order valence-corrected chi connectivity index (χ0v) is 14.6. The maximum absolute atomic E-state index is 12.3. The van der Waals surface area contributed by atoms with Crippen LogP contribution in [0.15, 0.2) is 18.2 Å². The van der Waals surface area contributed by atoms with Crippen molar-refractivity contribution in [2.45, 2.75) is 38.6 Å². The second-order valence-electron chi connectivity index (χ2n) is 6.59. The van der Waals surface area contributed by atoms with E-state index in [9.17, 15) is 18.0 Å². The van der Waals surface area contributed by atoms with Crippen LogP contribution in [0.2, 0.25) is 25.7 Å². The van der Waals surface area contributed by atoms with Gasteiger partial charge in [0.15, 0.2) is 0 Å². The van der Waals surface area contributed by atoms with Gasteiger partial charge in [-0.1, -0.05) is 24.9 Å². The Morgan fingerprint density at radius 1 is 1.33 bits per heavy atom. The van der Waals surface area contributed by atoms with Crippen molar-refractivity contribution in [3.05, 3.63) is 18.2 Å². The molecule has 0 saturated carbocycles. The summed E-state index contributed by atoms with van der Waals surface area (Å²) in [5.74, 6) is -2.02. The molecule has 0 saturated heterocycles. The van der Waals surface area contributed by atoms with E-state index in [2.05, 4.69) is 30.0 Å². The third kappa shape index (κ3) is 5.03. The summed E-state index contributed by atoms with van der Waals surface area (Å²) in [4.78, 5) is 11.0. The first kappa shape index (κ1) is 18.4. The largest absolute Gasteiger partial charge is 0.471 e. The molecule has 2 rings (SSSR count). The lowest BCUT2D eigenvalue weighted by Gasteiger charge is -2.15. The normalized spacial score (nSPS) is 12.6. The molecule has 0 unspecified atom stereocenters. The smallest absolute Gasteiger partial charge is 0.359 e. The van der Waals surface area contributed by atoms with Crippen LogP contribution in [0.4, 0.5) is 18.9 Å². The minimum Gasteiger partial charge on any atom is -0.359 e. The highest BCUT2D eigenvalue weighted by Crippen LogP contribution is 2.21. The monoisotopic (exact) mass is 360 g/mol. The predicted molar refractivity (Wildman–Crippen MR) is 86.3 cm³/mol. The Bertz CT molecular complexity index is 725. The molecule has 0 aliphatic heterocycles. The summed E-state index contributed by atoms with van der Waals surface area (Å²) in [5.41, 5.74) is 1.02. The maximum Gasteiger partial charge on any atom is 0.471 e. The molecule has 2 aromatic rings. The van der Waals surface area contributed by atoms with E-state index in [1.807, 2.05) is 5.32 Å². The molecule has 0 radical (unpaired) electrons. The van der Waals surface area contributed by atoms with Gasteiger partial charge in [-0.25, -0.2) is 4.68 Å². The number of carbonyl (C=O) groups is 1. The highest BCUT2D eigenvalue weighted by Gasteiger charge is 2.38. The average Bonchev–Trinajstić information content (AvgIpc) is 2.84. The molecule has 0 aliphatic rings. The number of rotatable bonds is 6. The fraction of sp³-hybridized carbons (Fsp3) is 0.500. The molecular formula is C14H19F3N4O2Si. The van der Waals surface area contributed by atoms with Crippen LogP contribution in [0.5, 0.6) is 0 Å². The van der Waals surface area contributed by atoms with Gasteiger partial charge in [0, 0.05) is 20.4 Å². The minimum atomic E-state index is -4.94. The molecule has 24 heavy (non-hydrogen) atoms. The van der Waals surface area contributed by atoms with Gasteiger partial charge < -0.3 is 10.1 Å². The van der Waals surface area contributed by atoms with E-state index in [4.69, 9.17) is 4.74 Å². The van der Waals surface area contributed by atoms with E-state index in [0.29, 0.717) is 17.6 Å². The number of nitrogens with one attached hydrogen (secondary N) is 1. The van der Waals surface area contributed by atoms with Crippen LogP contribution in [0.3, 0.4) is 0 Å². The maximum atomic E-state index is 12.3. The standard InChI is InChI=1S/C14H19F3N4O2Si/c1-24(2,3)7-6-23-9-21-12-8-10(4-5-11(12)19-20-21)18-13(22)14(15,16)17/h4-5,8H,6-7,9H2,1-3H3,(H,18,22). The third-order valence-corrected chi connectivity index (χ3v) is 4.94. The molecule has 1 N–H and O–H groups in total. The third-order valence-electron chi connectivity index (χ3n) is 3.24. The van der Waals surface area contributed by atoms with Crippen molar-refractivity contribution in [3.63, 3.8) is 0 Å². The summed E-state index contributed by atoms with van der Waals surface area (Å²) in [5, 5.41) is 9.65. The molecule has 0 atom stereocenters. The highest BCUT2D eigenvalue weighted by molar-refractivity contribution is 6.76. The molecule has 0 bridgehead atoms. The van der Waals surface area contributed by atoms with E-state index in [1.165, 1.54) is 22.9 Å². The molecular weight excluding hydrogens is 341 g/mol. The molecule has 6 nitrogen and oxygen atoms in total. The number of hydrogen-bond acceptors (Lipinski definition) is 4.